The Hall–Kier alpha value is -1.43. The summed E-state index contributed by atoms with van der Waals surface area (Å²) in [4.78, 5) is 0. The first-order valence-corrected chi connectivity index (χ1v) is 11.7. The normalized spacial score (nSPS) is 11.4. The topological polar surface area (TPSA) is 47.9 Å². The zero-order chi connectivity index (χ0) is 17.4. The van der Waals surface area contributed by atoms with E-state index in [2.05, 4.69) is 86.5 Å². The van der Waals surface area contributed by atoms with Gasteiger partial charge >= 0.3 is 0 Å². The van der Waals surface area contributed by atoms with E-state index in [1.807, 2.05) is 18.2 Å². The van der Waals surface area contributed by atoms with Crippen molar-refractivity contribution in [2.24, 2.45) is 0 Å². The van der Waals surface area contributed by atoms with E-state index in [1.165, 1.54) is 10.6 Å². The van der Waals surface area contributed by atoms with Crippen LogP contribution in [0.25, 0.3) is 0 Å². The van der Waals surface area contributed by atoms with Crippen molar-refractivity contribution in [1.82, 2.24) is 15.4 Å². The molecule has 0 N–H and O–H groups in total. The summed E-state index contributed by atoms with van der Waals surface area (Å²) in [7, 11) is -1.93. The molecule has 6 heteroatoms. The number of hydrogen-bond acceptors (Lipinski definition) is 4. The summed E-state index contributed by atoms with van der Waals surface area (Å²) in [6.45, 7) is 1.47. The second-order valence-electron chi connectivity index (χ2n) is 5.48. The molecule has 3 aromatic rings. The van der Waals surface area contributed by atoms with Gasteiger partial charge in [-0.1, -0.05) is 64.1 Å². The largest absolute Gasteiger partial charge is 0.377 e. The standard InChI is InChI=1S/C19H20IN3OP/c20-12-14-24-15-16-25(17-7-3-1-4-8-17,18-9-5-2-6-10-18)19-11-13-21-23-22-19/h1-11,13H,12,14-16H2/q+1/i20-4. The van der Waals surface area contributed by atoms with E-state index in [4.69, 9.17) is 4.74 Å². The number of alkyl halides is 1. The molecular formula is C19H20IN3OP+. The lowest BCUT2D eigenvalue weighted by Gasteiger charge is -2.25. The quantitative estimate of drug-likeness (QED) is 0.225. The van der Waals surface area contributed by atoms with Crippen LogP contribution in [0.3, 0.4) is 0 Å². The van der Waals surface area contributed by atoms with Crippen LogP contribution in [-0.4, -0.2) is 39.2 Å². The Labute approximate surface area is 162 Å². The van der Waals surface area contributed by atoms with Gasteiger partial charge < -0.3 is 4.74 Å². The minimum Gasteiger partial charge on any atom is -0.377 e. The zero-order valence-corrected chi connectivity index (χ0v) is 16.9. The van der Waals surface area contributed by atoms with E-state index in [-0.39, 0.29) is 0 Å². The third kappa shape index (κ3) is 4.22. The maximum atomic E-state index is 5.86. The Morgan fingerprint density at radius 2 is 1.48 bits per heavy atom. The Kier molecular flexibility index (Phi) is 6.84. The van der Waals surface area contributed by atoms with Crippen LogP contribution < -0.4 is 16.0 Å². The molecule has 0 atom stereocenters. The molecule has 0 aliphatic carbocycles. The molecule has 2 aromatic carbocycles. The third-order valence-electron chi connectivity index (χ3n) is 4.07. The van der Waals surface area contributed by atoms with Crippen molar-refractivity contribution < 1.29 is 4.74 Å². The van der Waals surface area contributed by atoms with Gasteiger partial charge in [0.1, 0.15) is 17.9 Å². The van der Waals surface area contributed by atoms with Gasteiger partial charge in [0.05, 0.1) is 25.6 Å². The summed E-state index contributed by atoms with van der Waals surface area (Å²) in [5.41, 5.74) is 0.998. The first kappa shape index (κ1) is 18.4. The molecule has 0 saturated carbocycles. The van der Waals surface area contributed by atoms with Gasteiger partial charge in [-0.05, 0) is 29.5 Å². The van der Waals surface area contributed by atoms with Crippen LogP contribution >= 0.6 is 29.9 Å². The van der Waals surface area contributed by atoms with Crippen molar-refractivity contribution >= 4 is 45.9 Å². The van der Waals surface area contributed by atoms with E-state index in [9.17, 15) is 0 Å². The lowest BCUT2D eigenvalue weighted by atomic mass is 10.4. The van der Waals surface area contributed by atoms with Crippen molar-refractivity contribution in [2.75, 3.05) is 23.8 Å². The van der Waals surface area contributed by atoms with Crippen LogP contribution in [0.4, 0.5) is 0 Å². The van der Waals surface area contributed by atoms with Crippen molar-refractivity contribution in [1.29, 1.82) is 0 Å². The first-order valence-electron chi connectivity index (χ1n) is 8.16. The first-order chi connectivity index (χ1) is 12.4. The molecule has 0 saturated heterocycles. The summed E-state index contributed by atoms with van der Waals surface area (Å²) in [5, 5.41) is 14.8. The summed E-state index contributed by atoms with van der Waals surface area (Å²) in [5.74, 6) is 0. The number of ether oxygens (including phenoxy) is 1. The molecule has 25 heavy (non-hydrogen) atoms. The Morgan fingerprint density at radius 1 is 0.840 bits per heavy atom. The highest BCUT2D eigenvalue weighted by Gasteiger charge is 2.46. The van der Waals surface area contributed by atoms with Gasteiger partial charge in [0, 0.05) is 10.5 Å². The van der Waals surface area contributed by atoms with Crippen LogP contribution in [0.15, 0.2) is 72.9 Å². The van der Waals surface area contributed by atoms with Crippen LogP contribution in [-0.2, 0) is 4.74 Å². The van der Waals surface area contributed by atoms with Crippen molar-refractivity contribution in [3.8, 4) is 0 Å². The molecule has 0 radical (unpaired) electrons. The van der Waals surface area contributed by atoms with Crippen molar-refractivity contribution in [3.63, 3.8) is 0 Å². The average Bonchev–Trinajstić information content (AvgIpc) is 2.70. The van der Waals surface area contributed by atoms with Gasteiger partial charge in [0.25, 0.3) is 0 Å². The number of nitrogens with zero attached hydrogens (tertiary/aromatic N) is 3. The minimum absolute atomic E-state index is 0.699. The van der Waals surface area contributed by atoms with E-state index in [0.29, 0.717) is 6.61 Å². The van der Waals surface area contributed by atoms with Crippen molar-refractivity contribution in [3.05, 3.63) is 72.9 Å². The molecule has 1 aromatic heterocycles. The van der Waals surface area contributed by atoms with E-state index >= 15 is 0 Å². The van der Waals surface area contributed by atoms with Gasteiger partial charge in [-0.3, -0.25) is 0 Å². The maximum Gasteiger partial charge on any atom is 0.216 e. The fraction of sp³-hybridized carbons (Fsp3) is 0.211. The molecule has 0 bridgehead atoms. The monoisotopic (exact) mass is 460 g/mol. The lowest BCUT2D eigenvalue weighted by Crippen LogP contribution is -2.36. The number of halogens is 1. The van der Waals surface area contributed by atoms with E-state index in [1.54, 1.807) is 6.20 Å². The van der Waals surface area contributed by atoms with E-state index in [0.717, 1.165) is 22.6 Å². The Balaban J connectivity index is 2.13. The fourth-order valence-electron chi connectivity index (χ4n) is 2.95. The molecule has 3 rings (SSSR count). The molecule has 128 valence electrons. The van der Waals surface area contributed by atoms with Crippen molar-refractivity contribution in [2.45, 2.75) is 0 Å². The van der Waals surface area contributed by atoms with Gasteiger partial charge in [0.15, 0.2) is 0 Å². The van der Waals surface area contributed by atoms with Crippen LogP contribution in [0.1, 0.15) is 0 Å². The number of benzene rings is 2. The molecule has 4 nitrogen and oxygen atoms in total. The average molecular weight is 460 g/mol. The molecule has 0 amide bonds. The highest BCUT2D eigenvalue weighted by Crippen LogP contribution is 2.54. The fourth-order valence-corrected chi connectivity index (χ4v) is 7.11. The highest BCUT2D eigenvalue weighted by atomic mass is 123. The molecule has 0 aliphatic heterocycles. The Bertz CT molecular complexity index is 663. The number of rotatable bonds is 8. The van der Waals surface area contributed by atoms with Crippen LogP contribution in [0, 0.1) is 0 Å². The summed E-state index contributed by atoms with van der Waals surface area (Å²) < 4.78 is 6.85. The van der Waals surface area contributed by atoms with Gasteiger partial charge in [-0.25, -0.2) is 0 Å². The molecule has 0 spiro atoms. The SMILES string of the molecule is [123I]CCOCC[P+](c1ccccc1)(c1ccccc1)c1ccnnn1. The minimum atomic E-state index is -1.93. The molecule has 0 fully saturated rings. The maximum absolute atomic E-state index is 5.86. The Morgan fingerprint density at radius 3 is 2.00 bits per heavy atom. The highest BCUT2D eigenvalue weighted by molar-refractivity contribution is 14.1. The predicted molar refractivity (Wildman–Crippen MR) is 113 cm³/mol. The number of hydrogen-bond donors (Lipinski definition) is 0. The van der Waals surface area contributed by atoms with Gasteiger partial charge in [-0.2, -0.15) is 0 Å². The molecule has 0 unspecified atom stereocenters. The lowest BCUT2D eigenvalue weighted by molar-refractivity contribution is 0.168. The van der Waals surface area contributed by atoms with Gasteiger partial charge in [0.2, 0.25) is 5.44 Å². The van der Waals surface area contributed by atoms with Gasteiger partial charge in [-0.15, -0.1) is 5.10 Å². The summed E-state index contributed by atoms with van der Waals surface area (Å²) in [6.07, 6.45) is 2.63. The van der Waals surface area contributed by atoms with Crippen LogP contribution in [0.5, 0.6) is 0 Å². The summed E-state index contributed by atoms with van der Waals surface area (Å²) in [6, 6.07) is 23.2. The molecule has 1 heterocycles. The van der Waals surface area contributed by atoms with Crippen LogP contribution in [0.2, 0.25) is 0 Å². The van der Waals surface area contributed by atoms with E-state index < -0.39 is 7.26 Å². The zero-order valence-electron chi connectivity index (χ0n) is 13.8. The third-order valence-corrected chi connectivity index (χ3v) is 8.74. The second-order valence-corrected chi connectivity index (χ2v) is 10.1. The number of aromatic nitrogens is 3. The molecular weight excluding hydrogens is 440 g/mol. The second kappa shape index (κ2) is 9.32. The summed E-state index contributed by atoms with van der Waals surface area (Å²) >= 11 is 2.34. The molecule has 0 aliphatic rings. The predicted octanol–water partition coefficient (Wildman–Crippen LogP) is 2.62. The smallest absolute Gasteiger partial charge is 0.216 e.